The molecule has 5 heteroatoms. The molecule has 0 aromatic carbocycles. The van der Waals surface area contributed by atoms with Gasteiger partial charge in [0.15, 0.2) is 0 Å². The number of carboxylic acid groups (broad SMARTS) is 2. The molecule has 1 saturated heterocycles. The SMILES string of the molecule is CC1(C)C[C@H](C(=O)[O-])[C@H](CCC(=O)[O-])CO1. The topological polar surface area (TPSA) is 89.5 Å². The van der Waals surface area contributed by atoms with Crippen molar-refractivity contribution in [1.82, 2.24) is 0 Å². The van der Waals surface area contributed by atoms with Gasteiger partial charge in [-0.2, -0.15) is 0 Å². The van der Waals surface area contributed by atoms with Crippen molar-refractivity contribution in [3.05, 3.63) is 0 Å². The number of carbonyl (C=O) groups is 2. The summed E-state index contributed by atoms with van der Waals surface area (Å²) in [6.45, 7) is 3.90. The van der Waals surface area contributed by atoms with Crippen molar-refractivity contribution < 1.29 is 24.5 Å². The first-order chi connectivity index (χ1) is 7.32. The number of ether oxygens (including phenoxy) is 1. The molecule has 0 aliphatic carbocycles. The summed E-state index contributed by atoms with van der Waals surface area (Å²) >= 11 is 0. The van der Waals surface area contributed by atoms with Crippen LogP contribution in [-0.4, -0.2) is 24.1 Å². The quantitative estimate of drug-likeness (QED) is 0.596. The Kier molecular flexibility index (Phi) is 3.91. The first kappa shape index (κ1) is 13.0. The molecule has 1 fully saturated rings. The predicted molar refractivity (Wildman–Crippen MR) is 50.9 cm³/mol. The van der Waals surface area contributed by atoms with Crippen molar-refractivity contribution in [3.63, 3.8) is 0 Å². The van der Waals surface area contributed by atoms with E-state index in [1.165, 1.54) is 0 Å². The Morgan fingerprint density at radius 3 is 2.50 bits per heavy atom. The van der Waals surface area contributed by atoms with E-state index < -0.39 is 23.5 Å². The van der Waals surface area contributed by atoms with Gasteiger partial charge in [0.1, 0.15) is 0 Å². The summed E-state index contributed by atoms with van der Waals surface area (Å²) in [6, 6.07) is 0. The fourth-order valence-corrected chi connectivity index (χ4v) is 2.07. The highest BCUT2D eigenvalue weighted by molar-refractivity contribution is 5.69. The van der Waals surface area contributed by atoms with Crippen LogP contribution >= 0.6 is 0 Å². The number of aliphatic carboxylic acids is 2. The van der Waals surface area contributed by atoms with Crippen molar-refractivity contribution in [2.45, 2.75) is 38.7 Å². The highest BCUT2D eigenvalue weighted by Crippen LogP contribution is 2.34. The molecule has 1 aliphatic rings. The summed E-state index contributed by atoms with van der Waals surface area (Å²) in [4.78, 5) is 21.3. The summed E-state index contributed by atoms with van der Waals surface area (Å²) in [6.07, 6.45) is 0.475. The minimum absolute atomic E-state index is 0.141. The molecule has 92 valence electrons. The van der Waals surface area contributed by atoms with E-state index >= 15 is 0 Å². The van der Waals surface area contributed by atoms with E-state index in [-0.39, 0.29) is 25.4 Å². The normalized spacial score (nSPS) is 28.6. The van der Waals surface area contributed by atoms with Crippen LogP contribution in [0.15, 0.2) is 0 Å². The second-order valence-electron chi connectivity index (χ2n) is 4.87. The summed E-state index contributed by atoms with van der Waals surface area (Å²) in [7, 11) is 0. The lowest BCUT2D eigenvalue weighted by atomic mass is 9.79. The van der Waals surface area contributed by atoms with Crippen LogP contribution in [0.25, 0.3) is 0 Å². The van der Waals surface area contributed by atoms with Gasteiger partial charge in [-0.15, -0.1) is 0 Å². The molecule has 0 aromatic rings. The molecule has 0 unspecified atom stereocenters. The molecular formula is C11H16O5-2. The summed E-state index contributed by atoms with van der Waals surface area (Å²) < 4.78 is 5.49. The third kappa shape index (κ3) is 3.48. The second kappa shape index (κ2) is 4.82. The third-order valence-corrected chi connectivity index (χ3v) is 2.99. The van der Waals surface area contributed by atoms with Gasteiger partial charge >= 0.3 is 0 Å². The molecule has 2 atom stereocenters. The van der Waals surface area contributed by atoms with Gasteiger partial charge in [0.25, 0.3) is 0 Å². The van der Waals surface area contributed by atoms with E-state index in [4.69, 9.17) is 4.74 Å². The molecule has 0 N–H and O–H groups in total. The number of carbonyl (C=O) groups excluding carboxylic acids is 2. The maximum absolute atomic E-state index is 11.0. The lowest BCUT2D eigenvalue weighted by molar-refractivity contribution is -0.319. The van der Waals surface area contributed by atoms with Gasteiger partial charge in [0.05, 0.1) is 12.2 Å². The predicted octanol–water partition coefficient (Wildman–Crippen LogP) is -1.30. The van der Waals surface area contributed by atoms with Crippen LogP contribution in [-0.2, 0) is 14.3 Å². The molecule has 1 rings (SSSR count). The Balaban J connectivity index is 2.62. The van der Waals surface area contributed by atoms with E-state index in [1.54, 1.807) is 0 Å². The Hall–Kier alpha value is -1.10. The molecule has 0 aromatic heterocycles. The van der Waals surface area contributed by atoms with E-state index in [0.717, 1.165) is 0 Å². The lowest BCUT2D eigenvalue weighted by Crippen LogP contribution is -2.47. The molecule has 0 radical (unpaired) electrons. The molecule has 0 bridgehead atoms. The number of rotatable bonds is 4. The van der Waals surface area contributed by atoms with E-state index in [1.807, 2.05) is 13.8 Å². The van der Waals surface area contributed by atoms with Crippen LogP contribution in [0.1, 0.15) is 33.1 Å². The molecule has 1 aliphatic heterocycles. The zero-order valence-electron chi connectivity index (χ0n) is 9.52. The standard InChI is InChI=1S/C11H18O5/c1-11(2)5-8(10(14)15)7(6-16-11)3-4-9(12)13/h7-8H,3-6H2,1-2H3,(H,12,13)(H,14,15)/p-2/t7-,8+/m1/s1. The van der Waals surface area contributed by atoms with Crippen LogP contribution in [0, 0.1) is 11.8 Å². The highest BCUT2D eigenvalue weighted by atomic mass is 16.5. The molecule has 16 heavy (non-hydrogen) atoms. The monoisotopic (exact) mass is 228 g/mol. The summed E-state index contributed by atoms with van der Waals surface area (Å²) in [5, 5.41) is 21.3. The Labute approximate surface area is 94.4 Å². The van der Waals surface area contributed by atoms with Gasteiger partial charge in [-0.3, -0.25) is 0 Å². The third-order valence-electron chi connectivity index (χ3n) is 2.99. The molecule has 0 spiro atoms. The zero-order chi connectivity index (χ0) is 12.3. The summed E-state index contributed by atoms with van der Waals surface area (Å²) in [5.74, 6) is -3.22. The van der Waals surface area contributed by atoms with Crippen molar-refractivity contribution in [3.8, 4) is 0 Å². The number of carboxylic acids is 2. The minimum Gasteiger partial charge on any atom is -0.550 e. The van der Waals surface area contributed by atoms with Crippen LogP contribution in [0.3, 0.4) is 0 Å². The Bertz CT molecular complexity index is 284. The van der Waals surface area contributed by atoms with Crippen molar-refractivity contribution in [2.24, 2.45) is 11.8 Å². The molecule has 0 amide bonds. The van der Waals surface area contributed by atoms with Crippen LogP contribution < -0.4 is 10.2 Å². The second-order valence-corrected chi connectivity index (χ2v) is 4.87. The van der Waals surface area contributed by atoms with E-state index in [9.17, 15) is 19.8 Å². The zero-order valence-corrected chi connectivity index (χ0v) is 9.52. The van der Waals surface area contributed by atoms with Gasteiger partial charge in [-0.1, -0.05) is 0 Å². The van der Waals surface area contributed by atoms with E-state index in [0.29, 0.717) is 6.42 Å². The minimum atomic E-state index is -1.16. The van der Waals surface area contributed by atoms with Gasteiger partial charge in [0.2, 0.25) is 0 Å². The fraction of sp³-hybridized carbons (Fsp3) is 0.818. The molecule has 5 nitrogen and oxygen atoms in total. The first-order valence-electron chi connectivity index (χ1n) is 5.36. The molecule has 0 saturated carbocycles. The van der Waals surface area contributed by atoms with Crippen molar-refractivity contribution in [1.29, 1.82) is 0 Å². The lowest BCUT2D eigenvalue weighted by Gasteiger charge is -2.41. The maximum atomic E-state index is 11.0. The Morgan fingerprint density at radius 1 is 1.38 bits per heavy atom. The van der Waals surface area contributed by atoms with Crippen LogP contribution in [0.2, 0.25) is 0 Å². The highest BCUT2D eigenvalue weighted by Gasteiger charge is 2.36. The molecular weight excluding hydrogens is 212 g/mol. The maximum Gasteiger partial charge on any atom is 0.0633 e. The summed E-state index contributed by atoms with van der Waals surface area (Å²) in [5.41, 5.74) is -0.483. The fourth-order valence-electron chi connectivity index (χ4n) is 2.07. The van der Waals surface area contributed by atoms with Gasteiger partial charge < -0.3 is 24.5 Å². The van der Waals surface area contributed by atoms with Crippen molar-refractivity contribution >= 4 is 11.9 Å². The van der Waals surface area contributed by atoms with Crippen LogP contribution in [0.4, 0.5) is 0 Å². The number of hydrogen-bond donors (Lipinski definition) is 0. The van der Waals surface area contributed by atoms with Gasteiger partial charge in [-0.05, 0) is 39.0 Å². The smallest absolute Gasteiger partial charge is 0.0633 e. The number of hydrogen-bond acceptors (Lipinski definition) is 5. The average molecular weight is 228 g/mol. The van der Waals surface area contributed by atoms with Crippen molar-refractivity contribution in [2.75, 3.05) is 6.61 Å². The first-order valence-corrected chi connectivity index (χ1v) is 5.36. The van der Waals surface area contributed by atoms with E-state index in [2.05, 4.69) is 0 Å². The molecule has 1 heterocycles. The van der Waals surface area contributed by atoms with Gasteiger partial charge in [0, 0.05) is 17.9 Å². The Morgan fingerprint density at radius 2 is 2.00 bits per heavy atom. The van der Waals surface area contributed by atoms with Crippen LogP contribution in [0.5, 0.6) is 0 Å². The largest absolute Gasteiger partial charge is 0.550 e. The average Bonchev–Trinajstić information content (AvgIpc) is 2.14. The van der Waals surface area contributed by atoms with Gasteiger partial charge in [-0.25, -0.2) is 0 Å².